The molecule has 1 rings (SSSR count). The number of nitrogens with zero attached hydrogens (tertiary/aromatic N) is 2. The number of allylic oxidation sites excluding steroid dienone is 1. The molecule has 4 nitrogen and oxygen atoms in total. The van der Waals surface area contributed by atoms with Crippen LogP contribution in [0.2, 0.25) is 0 Å². The summed E-state index contributed by atoms with van der Waals surface area (Å²) in [5.74, 6) is 0.0292. The first-order valence-corrected chi connectivity index (χ1v) is 3.49. The summed E-state index contributed by atoms with van der Waals surface area (Å²) in [6.07, 6.45) is 2.62. The molecule has 11 heavy (non-hydrogen) atoms. The van der Waals surface area contributed by atoms with Crippen molar-refractivity contribution in [3.63, 3.8) is 0 Å². The van der Waals surface area contributed by atoms with Gasteiger partial charge < -0.3 is 10.6 Å². The molecular formula is C7H11N3O. The van der Waals surface area contributed by atoms with Crippen molar-refractivity contribution < 1.29 is 4.79 Å². The number of carbonyl (C=O) groups is 1. The van der Waals surface area contributed by atoms with Crippen LogP contribution in [-0.2, 0) is 4.79 Å². The summed E-state index contributed by atoms with van der Waals surface area (Å²) in [6, 6.07) is 0. The Labute approximate surface area is 65.4 Å². The largest absolute Gasteiger partial charge is 0.369 e. The van der Waals surface area contributed by atoms with Crippen LogP contribution in [0.1, 0.15) is 13.3 Å². The predicted octanol–water partition coefficient (Wildman–Crippen LogP) is 0.0670. The third-order valence-corrected chi connectivity index (χ3v) is 1.54. The molecule has 1 heterocycles. The highest BCUT2D eigenvalue weighted by molar-refractivity contribution is 6.09. The monoisotopic (exact) mass is 153 g/mol. The lowest BCUT2D eigenvalue weighted by Crippen LogP contribution is -2.28. The number of hydrogen-bond donors (Lipinski definition) is 1. The molecule has 0 aliphatic carbocycles. The average Bonchev–Trinajstić information content (AvgIpc) is 2.17. The van der Waals surface area contributed by atoms with Crippen molar-refractivity contribution in [3.8, 4) is 0 Å². The molecule has 0 fully saturated rings. The maximum Gasteiger partial charge on any atom is 0.296 e. The van der Waals surface area contributed by atoms with Crippen molar-refractivity contribution in [2.75, 3.05) is 7.05 Å². The second kappa shape index (κ2) is 2.74. The van der Waals surface area contributed by atoms with E-state index >= 15 is 0 Å². The van der Waals surface area contributed by atoms with Crippen molar-refractivity contribution in [2.45, 2.75) is 13.3 Å². The van der Waals surface area contributed by atoms with Crippen molar-refractivity contribution in [2.24, 2.45) is 10.7 Å². The third kappa shape index (κ3) is 1.24. The normalized spacial score (nSPS) is 21.3. The van der Waals surface area contributed by atoms with E-state index in [4.69, 9.17) is 5.73 Å². The number of carbonyl (C=O) groups excluding carboxylic acids is 1. The van der Waals surface area contributed by atoms with Gasteiger partial charge in [0.15, 0.2) is 0 Å². The predicted molar refractivity (Wildman–Crippen MR) is 42.8 cm³/mol. The van der Waals surface area contributed by atoms with E-state index in [1.807, 2.05) is 13.0 Å². The molecule has 0 aromatic rings. The van der Waals surface area contributed by atoms with Crippen molar-refractivity contribution in [3.05, 3.63) is 11.8 Å². The van der Waals surface area contributed by atoms with Gasteiger partial charge >= 0.3 is 0 Å². The quantitative estimate of drug-likeness (QED) is 0.542. The first kappa shape index (κ1) is 7.78. The Morgan fingerprint density at radius 3 is 2.73 bits per heavy atom. The molecule has 0 bridgehead atoms. The van der Waals surface area contributed by atoms with Crippen molar-refractivity contribution in [1.29, 1.82) is 0 Å². The van der Waals surface area contributed by atoms with E-state index in [-0.39, 0.29) is 11.9 Å². The van der Waals surface area contributed by atoms with E-state index in [0.717, 1.165) is 6.42 Å². The summed E-state index contributed by atoms with van der Waals surface area (Å²) in [4.78, 5) is 16.2. The van der Waals surface area contributed by atoms with Gasteiger partial charge in [0.1, 0.15) is 5.70 Å². The Balaban J connectivity index is 2.89. The molecule has 0 atom stereocenters. The number of guanidine groups is 1. The summed E-state index contributed by atoms with van der Waals surface area (Å²) >= 11 is 0. The lowest BCUT2D eigenvalue weighted by molar-refractivity contribution is -0.114. The van der Waals surface area contributed by atoms with Crippen LogP contribution >= 0.6 is 0 Å². The Hall–Kier alpha value is -1.32. The van der Waals surface area contributed by atoms with Gasteiger partial charge in [-0.2, -0.15) is 4.99 Å². The van der Waals surface area contributed by atoms with E-state index < -0.39 is 0 Å². The van der Waals surface area contributed by atoms with E-state index in [1.165, 1.54) is 0 Å². The third-order valence-electron chi connectivity index (χ3n) is 1.54. The molecule has 0 saturated carbocycles. The summed E-state index contributed by atoms with van der Waals surface area (Å²) in [7, 11) is 1.73. The molecule has 60 valence electrons. The standard InChI is InChI=1S/C7H11N3O/c1-3-4-5-6(11)9-7(8)10(5)2/h4H,3H2,1-2H3,(H2,8,9,11)/b5-4-. The van der Waals surface area contributed by atoms with Crippen LogP contribution < -0.4 is 5.73 Å². The van der Waals surface area contributed by atoms with Crippen molar-refractivity contribution >= 4 is 11.9 Å². The molecule has 1 aliphatic rings. The lowest BCUT2D eigenvalue weighted by Gasteiger charge is -2.10. The molecule has 2 N–H and O–H groups in total. The van der Waals surface area contributed by atoms with Gasteiger partial charge in [0.05, 0.1) is 0 Å². The van der Waals surface area contributed by atoms with Gasteiger partial charge in [-0.3, -0.25) is 4.79 Å². The molecule has 4 heteroatoms. The molecule has 0 spiro atoms. The summed E-state index contributed by atoms with van der Waals surface area (Å²) in [5, 5.41) is 0. The average molecular weight is 153 g/mol. The van der Waals surface area contributed by atoms with Gasteiger partial charge in [-0.25, -0.2) is 0 Å². The number of aliphatic imine (C=N–C) groups is 1. The van der Waals surface area contributed by atoms with Crippen LogP contribution in [0.15, 0.2) is 16.8 Å². The molecule has 0 aromatic carbocycles. The second-order valence-corrected chi connectivity index (χ2v) is 2.33. The van der Waals surface area contributed by atoms with Gasteiger partial charge in [-0.15, -0.1) is 0 Å². The van der Waals surface area contributed by atoms with Crippen LogP contribution in [-0.4, -0.2) is 23.8 Å². The fraction of sp³-hybridized carbons (Fsp3) is 0.429. The van der Waals surface area contributed by atoms with Gasteiger partial charge in [-0.05, 0) is 6.42 Å². The minimum Gasteiger partial charge on any atom is -0.369 e. The van der Waals surface area contributed by atoms with Crippen LogP contribution in [0.25, 0.3) is 0 Å². The number of amides is 1. The topological polar surface area (TPSA) is 58.7 Å². The first-order valence-electron chi connectivity index (χ1n) is 3.49. The van der Waals surface area contributed by atoms with E-state index in [2.05, 4.69) is 4.99 Å². The Bertz CT molecular complexity index is 242. The van der Waals surface area contributed by atoms with Crippen LogP contribution in [0.5, 0.6) is 0 Å². The minimum absolute atomic E-state index is 0.244. The maximum atomic E-state index is 11.0. The van der Waals surface area contributed by atoms with Gasteiger partial charge in [0.2, 0.25) is 5.96 Å². The molecule has 0 radical (unpaired) electrons. The van der Waals surface area contributed by atoms with Crippen LogP contribution in [0.4, 0.5) is 0 Å². The summed E-state index contributed by atoms with van der Waals surface area (Å²) in [6.45, 7) is 1.96. The zero-order valence-corrected chi connectivity index (χ0v) is 6.66. The van der Waals surface area contributed by atoms with E-state index in [9.17, 15) is 4.79 Å². The molecule has 1 amide bonds. The fourth-order valence-corrected chi connectivity index (χ4v) is 0.921. The zero-order chi connectivity index (χ0) is 8.43. The minimum atomic E-state index is -0.244. The molecule has 1 aliphatic heterocycles. The second-order valence-electron chi connectivity index (χ2n) is 2.33. The number of nitrogens with two attached hydrogens (primary N) is 1. The SMILES string of the molecule is CC/C=C1/C(=O)N=C(N)N1C. The molecule has 0 unspecified atom stereocenters. The number of rotatable bonds is 1. The summed E-state index contributed by atoms with van der Waals surface area (Å²) < 4.78 is 0. The van der Waals surface area contributed by atoms with E-state index in [1.54, 1.807) is 11.9 Å². The highest BCUT2D eigenvalue weighted by atomic mass is 16.2. The highest BCUT2D eigenvalue weighted by Crippen LogP contribution is 2.11. The maximum absolute atomic E-state index is 11.0. The molecular weight excluding hydrogens is 142 g/mol. The van der Waals surface area contributed by atoms with E-state index in [0.29, 0.717) is 5.70 Å². The van der Waals surface area contributed by atoms with Gasteiger partial charge in [0.25, 0.3) is 5.91 Å². The van der Waals surface area contributed by atoms with Gasteiger partial charge in [-0.1, -0.05) is 13.0 Å². The van der Waals surface area contributed by atoms with Crippen LogP contribution in [0, 0.1) is 0 Å². The number of hydrogen-bond acceptors (Lipinski definition) is 3. The lowest BCUT2D eigenvalue weighted by atomic mass is 10.3. The Kier molecular flexibility index (Phi) is 1.94. The highest BCUT2D eigenvalue weighted by Gasteiger charge is 2.22. The summed E-state index contributed by atoms with van der Waals surface area (Å²) in [5.41, 5.74) is 5.98. The van der Waals surface area contributed by atoms with Gasteiger partial charge in [0, 0.05) is 7.05 Å². The first-order chi connectivity index (χ1) is 5.16. The smallest absolute Gasteiger partial charge is 0.296 e. The van der Waals surface area contributed by atoms with Crippen molar-refractivity contribution in [1.82, 2.24) is 4.90 Å². The zero-order valence-electron chi connectivity index (χ0n) is 6.66. The molecule has 0 aromatic heterocycles. The Morgan fingerprint density at radius 2 is 2.36 bits per heavy atom. The fourth-order valence-electron chi connectivity index (χ4n) is 0.921. The number of likely N-dealkylation sites (N-methyl/N-ethyl adjacent to an activating group) is 1. The van der Waals surface area contributed by atoms with Crippen LogP contribution in [0.3, 0.4) is 0 Å². The molecule has 0 saturated heterocycles. The Morgan fingerprint density at radius 1 is 1.73 bits per heavy atom.